The van der Waals surface area contributed by atoms with Crippen LogP contribution in [0.3, 0.4) is 0 Å². The first-order valence-corrected chi connectivity index (χ1v) is 7.55. The van der Waals surface area contributed by atoms with E-state index in [0.717, 1.165) is 5.56 Å². The van der Waals surface area contributed by atoms with Crippen molar-refractivity contribution < 1.29 is 14.3 Å². The second-order valence-electron chi connectivity index (χ2n) is 5.69. The highest BCUT2D eigenvalue weighted by molar-refractivity contribution is 6.30. The van der Waals surface area contributed by atoms with Crippen LogP contribution in [-0.2, 0) is 5.54 Å². The van der Waals surface area contributed by atoms with Crippen LogP contribution in [-0.4, -0.2) is 20.1 Å². The molecular formula is C18H20ClNO3. The zero-order chi connectivity index (χ0) is 17.0. The third kappa shape index (κ3) is 4.17. The molecule has 1 amide bonds. The summed E-state index contributed by atoms with van der Waals surface area (Å²) in [5, 5.41) is 3.68. The number of halogens is 1. The summed E-state index contributed by atoms with van der Waals surface area (Å²) in [4.78, 5) is 12.6. The van der Waals surface area contributed by atoms with Crippen molar-refractivity contribution >= 4 is 17.5 Å². The lowest BCUT2D eigenvalue weighted by Crippen LogP contribution is -2.41. The molecule has 0 spiro atoms. The lowest BCUT2D eigenvalue weighted by Gasteiger charge is -2.27. The van der Waals surface area contributed by atoms with Gasteiger partial charge in [0.2, 0.25) is 0 Å². The van der Waals surface area contributed by atoms with Crippen molar-refractivity contribution in [2.45, 2.75) is 19.4 Å². The molecule has 0 radical (unpaired) electrons. The van der Waals surface area contributed by atoms with Gasteiger partial charge >= 0.3 is 0 Å². The van der Waals surface area contributed by atoms with Crippen LogP contribution < -0.4 is 14.8 Å². The van der Waals surface area contributed by atoms with Gasteiger partial charge in [-0.25, -0.2) is 0 Å². The number of benzene rings is 2. The van der Waals surface area contributed by atoms with E-state index in [2.05, 4.69) is 5.32 Å². The Bertz CT molecular complexity index is 674. The van der Waals surface area contributed by atoms with Gasteiger partial charge in [0.1, 0.15) is 11.5 Å². The summed E-state index contributed by atoms with van der Waals surface area (Å²) in [6.07, 6.45) is 0. The molecule has 0 heterocycles. The van der Waals surface area contributed by atoms with E-state index < -0.39 is 5.54 Å². The van der Waals surface area contributed by atoms with Crippen molar-refractivity contribution in [1.82, 2.24) is 5.32 Å². The average molecular weight is 334 g/mol. The highest BCUT2D eigenvalue weighted by Gasteiger charge is 2.24. The Morgan fingerprint density at radius 1 is 1.00 bits per heavy atom. The Kier molecular flexibility index (Phi) is 5.16. The van der Waals surface area contributed by atoms with Gasteiger partial charge in [-0.1, -0.05) is 23.7 Å². The van der Waals surface area contributed by atoms with Crippen LogP contribution in [0, 0.1) is 0 Å². The van der Waals surface area contributed by atoms with Gasteiger partial charge in [-0.05, 0) is 43.7 Å². The van der Waals surface area contributed by atoms with Crippen LogP contribution in [0.25, 0.3) is 0 Å². The number of amides is 1. The van der Waals surface area contributed by atoms with E-state index in [4.69, 9.17) is 21.1 Å². The SMILES string of the molecule is COc1cc(OC)cc(C(=O)NC(C)(C)c2ccc(Cl)cc2)c1. The van der Waals surface area contributed by atoms with Crippen molar-refractivity contribution in [2.75, 3.05) is 14.2 Å². The monoisotopic (exact) mass is 333 g/mol. The summed E-state index contributed by atoms with van der Waals surface area (Å²) in [5.74, 6) is 0.930. The van der Waals surface area contributed by atoms with E-state index in [1.54, 1.807) is 44.6 Å². The molecule has 2 rings (SSSR count). The van der Waals surface area contributed by atoms with Gasteiger partial charge in [-0.15, -0.1) is 0 Å². The lowest BCUT2D eigenvalue weighted by molar-refractivity contribution is 0.0911. The van der Waals surface area contributed by atoms with Crippen LogP contribution >= 0.6 is 11.6 Å². The van der Waals surface area contributed by atoms with E-state index >= 15 is 0 Å². The predicted octanol–water partition coefficient (Wildman–Crippen LogP) is 4.02. The maximum atomic E-state index is 12.6. The molecule has 0 aromatic heterocycles. The van der Waals surface area contributed by atoms with Gasteiger partial charge in [0.15, 0.2) is 0 Å². The normalized spacial score (nSPS) is 11.0. The third-order valence-electron chi connectivity index (χ3n) is 3.61. The number of hydrogen-bond acceptors (Lipinski definition) is 3. The number of methoxy groups -OCH3 is 2. The van der Waals surface area contributed by atoms with E-state index in [-0.39, 0.29) is 5.91 Å². The maximum Gasteiger partial charge on any atom is 0.252 e. The number of hydrogen-bond donors (Lipinski definition) is 1. The zero-order valence-corrected chi connectivity index (χ0v) is 14.4. The lowest BCUT2D eigenvalue weighted by atomic mass is 9.94. The van der Waals surface area contributed by atoms with Crippen molar-refractivity contribution in [3.05, 3.63) is 58.6 Å². The van der Waals surface area contributed by atoms with Gasteiger partial charge in [0.05, 0.1) is 19.8 Å². The fourth-order valence-corrected chi connectivity index (χ4v) is 2.36. The molecule has 1 N–H and O–H groups in total. The molecule has 5 heteroatoms. The summed E-state index contributed by atoms with van der Waals surface area (Å²) >= 11 is 5.92. The van der Waals surface area contributed by atoms with Crippen LogP contribution in [0.2, 0.25) is 5.02 Å². The molecule has 0 saturated heterocycles. The predicted molar refractivity (Wildman–Crippen MR) is 91.5 cm³/mol. The fraction of sp³-hybridized carbons (Fsp3) is 0.278. The highest BCUT2D eigenvalue weighted by atomic mass is 35.5. The number of ether oxygens (including phenoxy) is 2. The largest absolute Gasteiger partial charge is 0.497 e. The average Bonchev–Trinajstić information content (AvgIpc) is 2.54. The molecule has 122 valence electrons. The van der Waals surface area contributed by atoms with E-state index in [1.165, 1.54) is 0 Å². The summed E-state index contributed by atoms with van der Waals surface area (Å²) in [6, 6.07) is 12.5. The highest BCUT2D eigenvalue weighted by Crippen LogP contribution is 2.25. The molecule has 0 bridgehead atoms. The second-order valence-corrected chi connectivity index (χ2v) is 6.12. The van der Waals surface area contributed by atoms with Crippen molar-refractivity contribution in [2.24, 2.45) is 0 Å². The van der Waals surface area contributed by atoms with Crippen molar-refractivity contribution in [3.63, 3.8) is 0 Å². The minimum absolute atomic E-state index is 0.206. The Morgan fingerprint density at radius 2 is 1.52 bits per heavy atom. The van der Waals surface area contributed by atoms with Crippen LogP contribution in [0.4, 0.5) is 0 Å². The van der Waals surface area contributed by atoms with E-state index in [0.29, 0.717) is 22.1 Å². The Balaban J connectivity index is 2.25. The molecule has 0 fully saturated rings. The Hall–Kier alpha value is -2.20. The first-order chi connectivity index (χ1) is 10.9. The minimum atomic E-state index is -0.544. The molecule has 2 aromatic rings. The van der Waals surface area contributed by atoms with Crippen LogP contribution in [0.1, 0.15) is 29.8 Å². The Labute approximate surface area is 141 Å². The number of carbonyl (C=O) groups is 1. The maximum absolute atomic E-state index is 12.6. The molecule has 0 unspecified atom stereocenters. The van der Waals surface area contributed by atoms with E-state index in [9.17, 15) is 4.79 Å². The minimum Gasteiger partial charge on any atom is -0.497 e. The molecular weight excluding hydrogens is 314 g/mol. The first kappa shape index (κ1) is 17.2. The Morgan fingerprint density at radius 3 is 2.00 bits per heavy atom. The second kappa shape index (κ2) is 6.92. The number of nitrogens with one attached hydrogen (secondary N) is 1. The summed E-state index contributed by atoms with van der Waals surface area (Å²) in [7, 11) is 3.10. The number of carbonyl (C=O) groups excluding carboxylic acids is 1. The summed E-state index contributed by atoms with van der Waals surface area (Å²) < 4.78 is 10.4. The molecule has 4 nitrogen and oxygen atoms in total. The third-order valence-corrected chi connectivity index (χ3v) is 3.86. The van der Waals surface area contributed by atoms with Gasteiger partial charge < -0.3 is 14.8 Å². The molecule has 23 heavy (non-hydrogen) atoms. The van der Waals surface area contributed by atoms with Crippen LogP contribution in [0.15, 0.2) is 42.5 Å². The summed E-state index contributed by atoms with van der Waals surface area (Å²) in [6.45, 7) is 3.87. The van der Waals surface area contributed by atoms with Gasteiger partial charge in [0.25, 0.3) is 5.91 Å². The van der Waals surface area contributed by atoms with Crippen LogP contribution in [0.5, 0.6) is 11.5 Å². The van der Waals surface area contributed by atoms with Crippen molar-refractivity contribution in [1.29, 1.82) is 0 Å². The van der Waals surface area contributed by atoms with Gasteiger partial charge in [-0.2, -0.15) is 0 Å². The molecule has 0 aliphatic heterocycles. The zero-order valence-electron chi connectivity index (χ0n) is 13.6. The molecule has 2 aromatic carbocycles. The summed E-state index contributed by atoms with van der Waals surface area (Å²) in [5.41, 5.74) is 0.895. The topological polar surface area (TPSA) is 47.6 Å². The van der Waals surface area contributed by atoms with Crippen molar-refractivity contribution in [3.8, 4) is 11.5 Å². The fourth-order valence-electron chi connectivity index (χ4n) is 2.23. The van der Waals surface area contributed by atoms with Gasteiger partial charge in [-0.3, -0.25) is 4.79 Å². The quantitative estimate of drug-likeness (QED) is 0.899. The first-order valence-electron chi connectivity index (χ1n) is 7.17. The van der Waals surface area contributed by atoms with Gasteiger partial charge in [0, 0.05) is 16.7 Å². The molecule has 0 saturated carbocycles. The molecule has 0 aliphatic rings. The standard InChI is InChI=1S/C18H20ClNO3/c1-18(2,13-5-7-14(19)8-6-13)20-17(21)12-9-15(22-3)11-16(10-12)23-4/h5-11H,1-4H3,(H,20,21). The molecule has 0 atom stereocenters. The number of rotatable bonds is 5. The molecule has 0 aliphatic carbocycles. The smallest absolute Gasteiger partial charge is 0.252 e. The van der Waals surface area contributed by atoms with E-state index in [1.807, 2.05) is 26.0 Å².